The number of allylic oxidation sites excluding steroid dienone is 1. The van der Waals surface area contributed by atoms with Gasteiger partial charge in [-0.25, -0.2) is 4.79 Å². The van der Waals surface area contributed by atoms with Gasteiger partial charge in [0.05, 0.1) is 6.61 Å². The first kappa shape index (κ1) is 13.5. The molecular weight excluding hydrogens is 217 g/mol. The molecule has 0 bridgehead atoms. The first-order chi connectivity index (χ1) is 6.71. The smallest absolute Gasteiger partial charge is 0.449 e. The number of hydrogen-bond donors (Lipinski definition) is 1. The van der Waals surface area contributed by atoms with Crippen LogP contribution < -0.4 is 0 Å². The Bertz CT molecular complexity index is 303. The normalized spacial score (nSPS) is 13.1. The molecule has 0 unspecified atom stereocenters. The van der Waals surface area contributed by atoms with E-state index in [2.05, 4.69) is 4.74 Å². The highest BCUT2D eigenvalue weighted by Gasteiger charge is 2.40. The molecule has 0 saturated heterocycles. The molecule has 0 saturated carbocycles. The summed E-state index contributed by atoms with van der Waals surface area (Å²) in [6.45, 7) is 1.90. The van der Waals surface area contributed by atoms with E-state index in [0.717, 1.165) is 6.92 Å². The summed E-state index contributed by atoms with van der Waals surface area (Å²) in [4.78, 5) is 21.6. The quantitative estimate of drug-likeness (QED) is 0.260. The summed E-state index contributed by atoms with van der Waals surface area (Å²) < 4.78 is 40.2. The molecule has 0 aliphatic heterocycles. The van der Waals surface area contributed by atoms with E-state index in [1.807, 2.05) is 0 Å². The molecule has 0 rings (SSSR count). The molecule has 0 radical (unpaired) electrons. The van der Waals surface area contributed by atoms with Crippen molar-refractivity contribution >= 4 is 11.8 Å². The number of aliphatic hydroxyl groups excluding tert-OH is 1. The Labute approximate surface area is 83.3 Å². The molecule has 0 spiro atoms. The zero-order valence-electron chi connectivity index (χ0n) is 8.01. The van der Waals surface area contributed by atoms with Crippen molar-refractivity contribution in [3.05, 3.63) is 11.3 Å². The van der Waals surface area contributed by atoms with Gasteiger partial charge in [0.25, 0.3) is 0 Å². The van der Waals surface area contributed by atoms with Gasteiger partial charge in [0.1, 0.15) is 5.57 Å². The monoisotopic (exact) mass is 226 g/mol. The van der Waals surface area contributed by atoms with Crippen LogP contribution in [0.2, 0.25) is 0 Å². The van der Waals surface area contributed by atoms with E-state index >= 15 is 0 Å². The lowest BCUT2D eigenvalue weighted by molar-refractivity contribution is -0.144. The number of esters is 1. The minimum atomic E-state index is -5.15. The zero-order valence-corrected chi connectivity index (χ0v) is 8.01. The van der Waals surface area contributed by atoms with Crippen molar-refractivity contribution < 1.29 is 32.6 Å². The van der Waals surface area contributed by atoms with Gasteiger partial charge in [-0.2, -0.15) is 13.2 Å². The average molecular weight is 226 g/mol. The third kappa shape index (κ3) is 3.61. The number of hydrogen-bond acceptors (Lipinski definition) is 4. The van der Waals surface area contributed by atoms with Crippen LogP contribution in [-0.2, 0) is 14.3 Å². The lowest BCUT2D eigenvalue weighted by Gasteiger charge is -2.09. The van der Waals surface area contributed by atoms with Crippen molar-refractivity contribution in [2.75, 3.05) is 6.61 Å². The summed E-state index contributed by atoms with van der Waals surface area (Å²) in [5.74, 6) is -4.92. The second kappa shape index (κ2) is 4.81. The molecule has 86 valence electrons. The van der Waals surface area contributed by atoms with Crippen molar-refractivity contribution in [3.8, 4) is 0 Å². The molecule has 0 aromatic heterocycles. The highest BCUT2D eigenvalue weighted by Crippen LogP contribution is 2.26. The Morgan fingerprint density at radius 3 is 2.07 bits per heavy atom. The van der Waals surface area contributed by atoms with Gasteiger partial charge >= 0.3 is 12.1 Å². The fraction of sp³-hybridized carbons (Fsp3) is 0.500. The third-order valence-corrected chi connectivity index (χ3v) is 1.34. The summed E-state index contributed by atoms with van der Waals surface area (Å²) in [5, 5.41) is 8.65. The Hall–Kier alpha value is -1.53. The fourth-order valence-corrected chi connectivity index (χ4v) is 0.752. The highest BCUT2D eigenvalue weighted by molar-refractivity contribution is 6.16. The molecule has 0 amide bonds. The Morgan fingerprint density at radius 2 is 1.80 bits per heavy atom. The minimum Gasteiger partial charge on any atom is -0.504 e. The van der Waals surface area contributed by atoms with Gasteiger partial charge in [-0.15, -0.1) is 0 Å². The number of halogens is 3. The van der Waals surface area contributed by atoms with E-state index in [1.54, 1.807) is 0 Å². The fourth-order valence-electron chi connectivity index (χ4n) is 0.752. The van der Waals surface area contributed by atoms with Crippen molar-refractivity contribution in [3.63, 3.8) is 0 Å². The van der Waals surface area contributed by atoms with E-state index in [-0.39, 0.29) is 6.61 Å². The maximum Gasteiger partial charge on any atom is 0.449 e. The summed E-state index contributed by atoms with van der Waals surface area (Å²) in [6, 6.07) is 0. The van der Waals surface area contributed by atoms with Crippen molar-refractivity contribution in [2.24, 2.45) is 0 Å². The number of aliphatic hydroxyl groups is 1. The first-order valence-electron chi connectivity index (χ1n) is 3.90. The molecule has 0 fully saturated rings. The van der Waals surface area contributed by atoms with Gasteiger partial charge < -0.3 is 9.84 Å². The molecule has 0 aliphatic rings. The minimum absolute atomic E-state index is 0.194. The Kier molecular flexibility index (Phi) is 4.32. The van der Waals surface area contributed by atoms with Crippen LogP contribution in [0.15, 0.2) is 11.3 Å². The van der Waals surface area contributed by atoms with Crippen LogP contribution in [0, 0.1) is 0 Å². The molecule has 1 N–H and O–H groups in total. The second-order valence-electron chi connectivity index (χ2n) is 2.50. The van der Waals surface area contributed by atoms with Crippen LogP contribution >= 0.6 is 0 Å². The van der Waals surface area contributed by atoms with Gasteiger partial charge in [0, 0.05) is 0 Å². The molecule has 7 heteroatoms. The average Bonchev–Trinajstić information content (AvgIpc) is 2.02. The van der Waals surface area contributed by atoms with Crippen molar-refractivity contribution in [1.29, 1.82) is 0 Å². The third-order valence-electron chi connectivity index (χ3n) is 1.34. The zero-order chi connectivity index (χ0) is 12.2. The molecule has 4 nitrogen and oxygen atoms in total. The maximum absolute atomic E-state index is 12.0. The molecule has 0 aromatic rings. The predicted octanol–water partition coefficient (Wildman–Crippen LogP) is 1.51. The van der Waals surface area contributed by atoms with Crippen LogP contribution in [-0.4, -0.2) is 29.6 Å². The van der Waals surface area contributed by atoms with E-state index in [4.69, 9.17) is 5.11 Å². The van der Waals surface area contributed by atoms with Crippen molar-refractivity contribution in [1.82, 2.24) is 0 Å². The largest absolute Gasteiger partial charge is 0.504 e. The van der Waals surface area contributed by atoms with Crippen molar-refractivity contribution in [2.45, 2.75) is 20.0 Å². The summed E-state index contributed by atoms with van der Waals surface area (Å²) in [7, 11) is 0. The standard InChI is InChI=1S/C8H9F3O4/c1-3-15-7(14)5(4(2)12)6(13)8(9,10)11/h13H,3H2,1-2H3. The van der Waals surface area contributed by atoms with Crippen LogP contribution in [0.3, 0.4) is 0 Å². The topological polar surface area (TPSA) is 63.6 Å². The van der Waals surface area contributed by atoms with Crippen LogP contribution in [0.5, 0.6) is 0 Å². The number of carbonyl (C=O) groups excluding carboxylic acids is 2. The predicted molar refractivity (Wildman–Crippen MR) is 43.0 cm³/mol. The number of rotatable bonds is 3. The molecule has 0 heterocycles. The highest BCUT2D eigenvalue weighted by atomic mass is 19.4. The van der Waals surface area contributed by atoms with Crippen LogP contribution in [0.1, 0.15) is 13.8 Å². The summed E-state index contributed by atoms with van der Waals surface area (Å²) in [6.07, 6.45) is -5.15. The lowest BCUT2D eigenvalue weighted by atomic mass is 10.1. The van der Waals surface area contributed by atoms with Gasteiger partial charge in [0.2, 0.25) is 5.76 Å². The Balaban J connectivity index is 5.31. The van der Waals surface area contributed by atoms with E-state index < -0.39 is 29.3 Å². The second-order valence-corrected chi connectivity index (χ2v) is 2.50. The lowest BCUT2D eigenvalue weighted by Crippen LogP contribution is -2.23. The summed E-state index contributed by atoms with van der Waals surface area (Å²) in [5.41, 5.74) is -1.38. The van der Waals surface area contributed by atoms with E-state index in [0.29, 0.717) is 0 Å². The van der Waals surface area contributed by atoms with Gasteiger partial charge in [-0.1, -0.05) is 0 Å². The van der Waals surface area contributed by atoms with E-state index in [9.17, 15) is 22.8 Å². The Morgan fingerprint density at radius 1 is 1.33 bits per heavy atom. The summed E-state index contributed by atoms with van der Waals surface area (Å²) >= 11 is 0. The SMILES string of the molecule is CCOC(=O)C(C(C)=O)=C(O)C(F)(F)F. The molecule has 0 aromatic carbocycles. The van der Waals surface area contributed by atoms with Gasteiger partial charge in [-0.3, -0.25) is 4.79 Å². The number of Topliss-reactive ketones (excluding diaryl/α,β-unsaturated/α-hetero) is 1. The van der Waals surface area contributed by atoms with Crippen LogP contribution in [0.4, 0.5) is 13.2 Å². The molecule has 0 atom stereocenters. The number of ether oxygens (including phenoxy) is 1. The van der Waals surface area contributed by atoms with Crippen LogP contribution in [0.25, 0.3) is 0 Å². The van der Waals surface area contributed by atoms with E-state index in [1.165, 1.54) is 6.92 Å². The maximum atomic E-state index is 12.0. The number of carbonyl (C=O) groups is 2. The molecule has 0 aliphatic carbocycles. The molecule has 15 heavy (non-hydrogen) atoms. The first-order valence-corrected chi connectivity index (χ1v) is 3.90. The molecular formula is C8H9F3O4. The van der Waals surface area contributed by atoms with Gasteiger partial charge in [0.15, 0.2) is 5.78 Å². The van der Waals surface area contributed by atoms with Gasteiger partial charge in [-0.05, 0) is 13.8 Å². The number of alkyl halides is 3. The number of ketones is 1.